The van der Waals surface area contributed by atoms with Crippen LogP contribution in [0.25, 0.3) is 0 Å². The van der Waals surface area contributed by atoms with E-state index in [1.54, 1.807) is 0 Å². The summed E-state index contributed by atoms with van der Waals surface area (Å²) in [7, 11) is 0. The van der Waals surface area contributed by atoms with E-state index in [0.29, 0.717) is 6.42 Å². The number of rotatable bonds is 4. The summed E-state index contributed by atoms with van der Waals surface area (Å²) in [4.78, 5) is 0. The Morgan fingerprint density at radius 3 is 2.60 bits per heavy atom. The Hall–Kier alpha value is -0.410. The highest BCUT2D eigenvalue weighted by Gasteiger charge is 2.32. The van der Waals surface area contributed by atoms with Crippen LogP contribution >= 0.6 is 15.9 Å². The molecule has 0 aliphatic rings. The molecule has 0 spiro atoms. The van der Waals surface area contributed by atoms with Crippen molar-refractivity contribution < 1.29 is 4.39 Å². The Morgan fingerprint density at radius 1 is 1.47 bits per heavy atom. The molecule has 1 aromatic carbocycles. The number of alkyl halides is 1. The van der Waals surface area contributed by atoms with E-state index in [-0.39, 0.29) is 12.5 Å². The average molecular weight is 274 g/mol. The topological polar surface area (TPSA) is 26.0 Å². The summed E-state index contributed by atoms with van der Waals surface area (Å²) >= 11 is 3.37. The zero-order valence-corrected chi connectivity index (χ0v) is 10.7. The van der Waals surface area contributed by atoms with Crippen LogP contribution in [-0.2, 0) is 6.42 Å². The Bertz CT molecular complexity index is 327. The predicted molar refractivity (Wildman–Crippen MR) is 65.6 cm³/mol. The van der Waals surface area contributed by atoms with Gasteiger partial charge in [-0.1, -0.05) is 41.9 Å². The molecule has 2 N–H and O–H groups in total. The summed E-state index contributed by atoms with van der Waals surface area (Å²) in [6, 6.07) is 7.71. The fraction of sp³-hybridized carbons (Fsp3) is 0.500. The minimum atomic E-state index is -1.30. The molecular formula is C12H17BrFN. The molecule has 1 nitrogen and oxygen atoms in total. The van der Waals surface area contributed by atoms with Gasteiger partial charge in [-0.2, -0.15) is 0 Å². The first-order valence-electron chi connectivity index (χ1n) is 5.11. The second-order valence-electron chi connectivity index (χ2n) is 4.20. The molecule has 0 bridgehead atoms. The SMILES string of the molecule is CC(C)C(F)(CN)Cc1cccc(Br)c1. The quantitative estimate of drug-likeness (QED) is 0.895. The number of hydrogen-bond acceptors (Lipinski definition) is 1. The van der Waals surface area contributed by atoms with Gasteiger partial charge in [-0.15, -0.1) is 0 Å². The van der Waals surface area contributed by atoms with Gasteiger partial charge in [-0.05, 0) is 23.6 Å². The maximum Gasteiger partial charge on any atom is 0.129 e. The fourth-order valence-electron chi connectivity index (χ4n) is 1.50. The third-order valence-corrected chi connectivity index (χ3v) is 3.25. The second-order valence-corrected chi connectivity index (χ2v) is 5.12. The van der Waals surface area contributed by atoms with E-state index in [0.717, 1.165) is 10.0 Å². The van der Waals surface area contributed by atoms with Crippen molar-refractivity contribution in [2.45, 2.75) is 25.9 Å². The summed E-state index contributed by atoms with van der Waals surface area (Å²) in [6.45, 7) is 3.80. The van der Waals surface area contributed by atoms with Crippen LogP contribution in [0.3, 0.4) is 0 Å². The van der Waals surface area contributed by atoms with Crippen molar-refractivity contribution in [2.75, 3.05) is 6.54 Å². The first-order chi connectivity index (χ1) is 6.98. The first kappa shape index (κ1) is 12.7. The van der Waals surface area contributed by atoms with E-state index < -0.39 is 5.67 Å². The number of nitrogens with two attached hydrogens (primary N) is 1. The molecule has 84 valence electrons. The van der Waals surface area contributed by atoms with Crippen LogP contribution in [0.15, 0.2) is 28.7 Å². The van der Waals surface area contributed by atoms with Gasteiger partial charge < -0.3 is 5.73 Å². The molecule has 3 heteroatoms. The molecule has 0 fully saturated rings. The summed E-state index contributed by atoms with van der Waals surface area (Å²) in [5.74, 6) is -0.0681. The van der Waals surface area contributed by atoms with Crippen molar-refractivity contribution in [3.05, 3.63) is 34.3 Å². The standard InChI is InChI=1S/C12H17BrFN/c1-9(2)12(14,8-15)7-10-4-3-5-11(13)6-10/h3-6,9H,7-8,15H2,1-2H3. The molecular weight excluding hydrogens is 257 g/mol. The molecule has 1 atom stereocenters. The normalized spacial score (nSPS) is 15.3. The lowest BCUT2D eigenvalue weighted by Gasteiger charge is -2.28. The molecule has 0 radical (unpaired) electrons. The summed E-state index contributed by atoms with van der Waals surface area (Å²) < 4.78 is 15.3. The molecule has 0 heterocycles. The summed E-state index contributed by atoms with van der Waals surface area (Å²) in [5.41, 5.74) is 5.18. The Balaban J connectivity index is 2.84. The lowest BCUT2D eigenvalue weighted by molar-refractivity contribution is 0.110. The maximum atomic E-state index is 14.3. The van der Waals surface area contributed by atoms with Gasteiger partial charge in [0.15, 0.2) is 0 Å². The number of hydrogen-bond donors (Lipinski definition) is 1. The molecule has 0 aliphatic carbocycles. The van der Waals surface area contributed by atoms with E-state index in [4.69, 9.17) is 5.73 Å². The molecule has 1 rings (SSSR count). The second kappa shape index (κ2) is 5.08. The Labute approximate surface area is 99.0 Å². The summed E-state index contributed by atoms with van der Waals surface area (Å²) in [6.07, 6.45) is 0.376. The van der Waals surface area contributed by atoms with Crippen molar-refractivity contribution in [3.63, 3.8) is 0 Å². The van der Waals surface area contributed by atoms with E-state index >= 15 is 0 Å². The number of halogens is 2. The smallest absolute Gasteiger partial charge is 0.129 e. The summed E-state index contributed by atoms with van der Waals surface area (Å²) in [5, 5.41) is 0. The van der Waals surface area contributed by atoms with Crippen LogP contribution in [0, 0.1) is 5.92 Å². The van der Waals surface area contributed by atoms with Crippen molar-refractivity contribution in [1.29, 1.82) is 0 Å². The van der Waals surface area contributed by atoms with E-state index in [9.17, 15) is 4.39 Å². The molecule has 0 saturated carbocycles. The van der Waals surface area contributed by atoms with Crippen LogP contribution in [0.1, 0.15) is 19.4 Å². The van der Waals surface area contributed by atoms with Crippen LogP contribution in [0.4, 0.5) is 4.39 Å². The highest BCUT2D eigenvalue weighted by atomic mass is 79.9. The van der Waals surface area contributed by atoms with Gasteiger partial charge in [0.05, 0.1) is 0 Å². The van der Waals surface area contributed by atoms with E-state index in [1.165, 1.54) is 0 Å². The third kappa shape index (κ3) is 3.28. The number of benzene rings is 1. The predicted octanol–water partition coefficient (Wildman–Crippen LogP) is 3.31. The van der Waals surface area contributed by atoms with Gasteiger partial charge in [0.1, 0.15) is 5.67 Å². The van der Waals surface area contributed by atoms with Crippen LogP contribution in [-0.4, -0.2) is 12.2 Å². The van der Waals surface area contributed by atoms with Gasteiger partial charge in [0.2, 0.25) is 0 Å². The zero-order chi connectivity index (χ0) is 11.5. The Kier molecular flexibility index (Phi) is 4.29. The molecule has 1 aromatic rings. The molecule has 0 saturated heterocycles. The van der Waals surface area contributed by atoms with Crippen molar-refractivity contribution >= 4 is 15.9 Å². The largest absolute Gasteiger partial charge is 0.328 e. The van der Waals surface area contributed by atoms with Crippen LogP contribution < -0.4 is 5.73 Å². The maximum absolute atomic E-state index is 14.3. The van der Waals surface area contributed by atoms with Crippen molar-refractivity contribution in [3.8, 4) is 0 Å². The zero-order valence-electron chi connectivity index (χ0n) is 9.13. The van der Waals surface area contributed by atoms with Gasteiger partial charge in [0, 0.05) is 17.4 Å². The highest BCUT2D eigenvalue weighted by Crippen LogP contribution is 2.26. The monoisotopic (exact) mass is 273 g/mol. The molecule has 0 aromatic heterocycles. The van der Waals surface area contributed by atoms with Gasteiger partial charge in [-0.25, -0.2) is 4.39 Å². The van der Waals surface area contributed by atoms with E-state index in [2.05, 4.69) is 15.9 Å². The highest BCUT2D eigenvalue weighted by molar-refractivity contribution is 9.10. The van der Waals surface area contributed by atoms with Crippen LogP contribution in [0.2, 0.25) is 0 Å². The minimum absolute atomic E-state index is 0.0666. The van der Waals surface area contributed by atoms with Crippen molar-refractivity contribution in [1.82, 2.24) is 0 Å². The average Bonchev–Trinajstić information content (AvgIpc) is 2.17. The minimum Gasteiger partial charge on any atom is -0.328 e. The molecule has 15 heavy (non-hydrogen) atoms. The van der Waals surface area contributed by atoms with Gasteiger partial charge >= 0.3 is 0 Å². The molecule has 1 unspecified atom stereocenters. The first-order valence-corrected chi connectivity index (χ1v) is 5.90. The van der Waals surface area contributed by atoms with Gasteiger partial charge in [-0.3, -0.25) is 0 Å². The van der Waals surface area contributed by atoms with E-state index in [1.807, 2.05) is 38.1 Å². The fourth-order valence-corrected chi connectivity index (χ4v) is 1.94. The van der Waals surface area contributed by atoms with Gasteiger partial charge in [0.25, 0.3) is 0 Å². The lowest BCUT2D eigenvalue weighted by atomic mass is 9.86. The van der Waals surface area contributed by atoms with Crippen molar-refractivity contribution in [2.24, 2.45) is 11.7 Å². The Morgan fingerprint density at radius 2 is 2.13 bits per heavy atom. The lowest BCUT2D eigenvalue weighted by Crippen LogP contribution is -2.40. The molecule has 0 amide bonds. The van der Waals surface area contributed by atoms with Crippen LogP contribution in [0.5, 0.6) is 0 Å². The third-order valence-electron chi connectivity index (χ3n) is 2.76. The molecule has 0 aliphatic heterocycles.